The lowest BCUT2D eigenvalue weighted by molar-refractivity contribution is -0.149. The molecule has 4 rings (SSSR count). The Hall–Kier alpha value is -3.63. The molecule has 188 valence electrons. The summed E-state index contributed by atoms with van der Waals surface area (Å²) in [5, 5.41) is 2.58. The number of nitrogens with zero attached hydrogens (tertiary/aromatic N) is 1. The molecule has 1 aliphatic heterocycles. The van der Waals surface area contributed by atoms with Gasteiger partial charge in [0.15, 0.2) is 6.61 Å². The average Bonchev–Trinajstić information content (AvgIpc) is 2.87. The van der Waals surface area contributed by atoms with E-state index in [1.165, 1.54) is 40.7 Å². The molecule has 3 aromatic carbocycles. The number of hydrogen-bond acceptors (Lipinski definition) is 5. The van der Waals surface area contributed by atoms with Gasteiger partial charge < -0.3 is 10.1 Å². The number of halogens is 2. The number of fused-ring (bicyclic) bond motifs is 1. The van der Waals surface area contributed by atoms with Crippen LogP contribution < -0.4 is 5.32 Å². The molecular weight excluding hydrogens is 490 g/mol. The van der Waals surface area contributed by atoms with E-state index in [4.69, 9.17) is 4.74 Å². The average molecular weight is 515 g/mol. The normalized spacial score (nSPS) is 15.7. The molecule has 1 heterocycles. The van der Waals surface area contributed by atoms with Gasteiger partial charge >= 0.3 is 5.97 Å². The maximum absolute atomic E-state index is 13.4. The van der Waals surface area contributed by atoms with Crippen molar-refractivity contribution in [1.82, 2.24) is 9.62 Å². The third-order valence-corrected chi connectivity index (χ3v) is 7.83. The standard InChI is InChI=1S/C26H24F2N2O5S/c27-20-7-5-18(6-8-20)16-29-25(31)17-35-26(32)15-24-23-4-2-1-3-19(23)13-14-30(24)36(33,34)22-11-9-21(28)10-12-22/h1-12,24H,13-17H2,(H,29,31). The molecule has 10 heteroatoms. The van der Waals surface area contributed by atoms with E-state index in [0.717, 1.165) is 17.7 Å². The van der Waals surface area contributed by atoms with Crippen molar-refractivity contribution in [2.75, 3.05) is 13.2 Å². The monoisotopic (exact) mass is 514 g/mol. The van der Waals surface area contributed by atoms with Crippen LogP contribution in [-0.4, -0.2) is 37.8 Å². The van der Waals surface area contributed by atoms with Crippen LogP contribution in [0.4, 0.5) is 8.78 Å². The third kappa shape index (κ3) is 5.95. The summed E-state index contributed by atoms with van der Waals surface area (Å²) in [5.74, 6) is -2.24. The number of nitrogens with one attached hydrogen (secondary N) is 1. The highest BCUT2D eigenvalue weighted by molar-refractivity contribution is 7.89. The SMILES string of the molecule is O=C(COC(=O)CC1c2ccccc2CCN1S(=O)(=O)c1ccc(F)cc1)NCc1ccc(F)cc1. The van der Waals surface area contributed by atoms with Gasteiger partial charge in [-0.05, 0) is 59.5 Å². The van der Waals surface area contributed by atoms with Crippen molar-refractivity contribution in [2.45, 2.75) is 30.3 Å². The van der Waals surface area contributed by atoms with E-state index < -0.39 is 46.2 Å². The third-order valence-electron chi connectivity index (χ3n) is 5.91. The van der Waals surface area contributed by atoms with E-state index in [9.17, 15) is 26.8 Å². The van der Waals surface area contributed by atoms with Crippen molar-refractivity contribution in [2.24, 2.45) is 0 Å². The van der Waals surface area contributed by atoms with Gasteiger partial charge in [-0.1, -0.05) is 36.4 Å². The number of hydrogen-bond donors (Lipinski definition) is 1. The molecule has 36 heavy (non-hydrogen) atoms. The molecule has 0 fully saturated rings. The number of ether oxygens (including phenoxy) is 1. The fourth-order valence-electron chi connectivity index (χ4n) is 4.09. The van der Waals surface area contributed by atoms with Crippen LogP contribution in [0.5, 0.6) is 0 Å². The summed E-state index contributed by atoms with van der Waals surface area (Å²) in [5.41, 5.74) is 2.27. The van der Waals surface area contributed by atoms with Crippen LogP contribution in [0.15, 0.2) is 77.7 Å². The summed E-state index contributed by atoms with van der Waals surface area (Å²) in [4.78, 5) is 24.7. The molecule has 0 aromatic heterocycles. The van der Waals surface area contributed by atoms with Gasteiger partial charge in [0, 0.05) is 13.1 Å². The number of amides is 1. The van der Waals surface area contributed by atoms with Crippen molar-refractivity contribution in [1.29, 1.82) is 0 Å². The van der Waals surface area contributed by atoms with E-state index in [0.29, 0.717) is 17.5 Å². The van der Waals surface area contributed by atoms with Crippen molar-refractivity contribution in [3.05, 3.63) is 101 Å². The number of sulfonamides is 1. The molecule has 0 saturated carbocycles. The van der Waals surface area contributed by atoms with Gasteiger partial charge in [-0.2, -0.15) is 4.31 Å². The molecule has 1 N–H and O–H groups in total. The van der Waals surface area contributed by atoms with Crippen LogP contribution in [0, 0.1) is 11.6 Å². The maximum atomic E-state index is 13.4. The van der Waals surface area contributed by atoms with E-state index >= 15 is 0 Å². The topological polar surface area (TPSA) is 92.8 Å². The number of carbonyl (C=O) groups is 2. The Morgan fingerprint density at radius 1 is 0.944 bits per heavy atom. The summed E-state index contributed by atoms with van der Waals surface area (Å²) in [6, 6.07) is 16.5. The Morgan fingerprint density at radius 3 is 2.28 bits per heavy atom. The first kappa shape index (κ1) is 25.5. The number of esters is 1. The quantitative estimate of drug-likeness (QED) is 0.465. The fourth-order valence-corrected chi connectivity index (χ4v) is 5.69. The number of carbonyl (C=O) groups excluding carboxylic acids is 2. The first-order valence-corrected chi connectivity index (χ1v) is 12.7. The molecule has 0 radical (unpaired) electrons. The van der Waals surface area contributed by atoms with E-state index in [1.807, 2.05) is 12.1 Å². The Kier molecular flexibility index (Phi) is 7.76. The highest BCUT2D eigenvalue weighted by Gasteiger charge is 2.37. The second kappa shape index (κ2) is 11.0. The minimum Gasteiger partial charge on any atom is -0.456 e. The van der Waals surface area contributed by atoms with E-state index in [-0.39, 0.29) is 24.4 Å². The lowest BCUT2D eigenvalue weighted by Gasteiger charge is -2.36. The van der Waals surface area contributed by atoms with Crippen LogP contribution in [0.1, 0.15) is 29.2 Å². The maximum Gasteiger partial charge on any atom is 0.308 e. The second-order valence-corrected chi connectivity index (χ2v) is 10.2. The van der Waals surface area contributed by atoms with Crippen molar-refractivity contribution in [3.63, 3.8) is 0 Å². The van der Waals surface area contributed by atoms with Gasteiger partial charge in [0.2, 0.25) is 10.0 Å². The zero-order valence-electron chi connectivity index (χ0n) is 19.2. The Bertz CT molecular complexity index is 1350. The van der Waals surface area contributed by atoms with Gasteiger partial charge in [-0.15, -0.1) is 0 Å². The van der Waals surface area contributed by atoms with Crippen LogP contribution in [0.2, 0.25) is 0 Å². The predicted octanol–water partition coefficient (Wildman–Crippen LogP) is 3.50. The minimum absolute atomic E-state index is 0.0816. The van der Waals surface area contributed by atoms with Crippen LogP contribution in [-0.2, 0) is 37.3 Å². The Balaban J connectivity index is 1.44. The molecule has 1 amide bonds. The smallest absolute Gasteiger partial charge is 0.308 e. The van der Waals surface area contributed by atoms with E-state index in [1.54, 1.807) is 12.1 Å². The molecule has 0 saturated heterocycles. The minimum atomic E-state index is -4.04. The van der Waals surface area contributed by atoms with Crippen LogP contribution >= 0.6 is 0 Å². The zero-order chi connectivity index (χ0) is 25.7. The molecule has 0 spiro atoms. The highest BCUT2D eigenvalue weighted by atomic mass is 32.2. The lowest BCUT2D eigenvalue weighted by Crippen LogP contribution is -2.41. The first-order chi connectivity index (χ1) is 17.2. The molecule has 1 unspecified atom stereocenters. The van der Waals surface area contributed by atoms with Gasteiger partial charge in [0.25, 0.3) is 5.91 Å². The number of benzene rings is 3. The summed E-state index contributed by atoms with van der Waals surface area (Å²) < 4.78 is 59.4. The number of rotatable bonds is 8. The fraction of sp³-hybridized carbons (Fsp3) is 0.231. The summed E-state index contributed by atoms with van der Waals surface area (Å²) in [7, 11) is -4.04. The van der Waals surface area contributed by atoms with E-state index in [2.05, 4.69) is 5.32 Å². The lowest BCUT2D eigenvalue weighted by atomic mass is 9.92. The molecule has 7 nitrogen and oxygen atoms in total. The Labute approximate surface area is 207 Å². The van der Waals surface area contributed by atoms with Crippen molar-refractivity contribution >= 4 is 21.9 Å². The molecule has 0 bridgehead atoms. The van der Waals surface area contributed by atoms with Gasteiger partial charge in [-0.25, -0.2) is 17.2 Å². The second-order valence-electron chi connectivity index (χ2n) is 8.30. The molecule has 0 aliphatic carbocycles. The molecule has 1 aliphatic rings. The van der Waals surface area contributed by atoms with Crippen molar-refractivity contribution in [3.8, 4) is 0 Å². The van der Waals surface area contributed by atoms with Gasteiger partial charge in [0.1, 0.15) is 11.6 Å². The summed E-state index contributed by atoms with van der Waals surface area (Å²) >= 11 is 0. The van der Waals surface area contributed by atoms with Crippen LogP contribution in [0.3, 0.4) is 0 Å². The molecular formula is C26H24F2N2O5S. The molecule has 1 atom stereocenters. The highest BCUT2D eigenvalue weighted by Crippen LogP contribution is 2.36. The summed E-state index contributed by atoms with van der Waals surface area (Å²) in [6.07, 6.45) is 0.149. The van der Waals surface area contributed by atoms with Gasteiger partial charge in [-0.3, -0.25) is 9.59 Å². The Morgan fingerprint density at radius 2 is 1.58 bits per heavy atom. The molecule has 3 aromatic rings. The predicted molar refractivity (Wildman–Crippen MR) is 127 cm³/mol. The van der Waals surface area contributed by atoms with Crippen molar-refractivity contribution < 1.29 is 31.5 Å². The summed E-state index contributed by atoms with van der Waals surface area (Å²) in [6.45, 7) is -0.276. The van der Waals surface area contributed by atoms with Crippen LogP contribution in [0.25, 0.3) is 0 Å². The first-order valence-electron chi connectivity index (χ1n) is 11.3. The van der Waals surface area contributed by atoms with Gasteiger partial charge in [0.05, 0.1) is 17.4 Å². The zero-order valence-corrected chi connectivity index (χ0v) is 20.0. The largest absolute Gasteiger partial charge is 0.456 e.